The highest BCUT2D eigenvalue weighted by Gasteiger charge is 2.35. The van der Waals surface area contributed by atoms with E-state index in [9.17, 15) is 4.79 Å². The minimum absolute atomic E-state index is 0.171. The number of hydrogen-bond acceptors (Lipinski definition) is 6. The first-order valence-electron chi connectivity index (χ1n) is 6.65. The van der Waals surface area contributed by atoms with Crippen LogP contribution in [0.5, 0.6) is 0 Å². The van der Waals surface area contributed by atoms with Crippen molar-refractivity contribution >= 4 is 28.3 Å². The molecule has 3 saturated heterocycles. The van der Waals surface area contributed by atoms with E-state index in [2.05, 4.69) is 19.9 Å². The largest absolute Gasteiger partial charge is 0.382 e. The first kappa shape index (κ1) is 12.7. The fourth-order valence-corrected chi connectivity index (χ4v) is 3.82. The Morgan fingerprint density at radius 2 is 2.21 bits per heavy atom. The van der Waals surface area contributed by atoms with E-state index in [1.165, 1.54) is 37.5 Å². The third kappa shape index (κ3) is 2.28. The van der Waals surface area contributed by atoms with Crippen molar-refractivity contribution in [2.75, 3.05) is 37.7 Å². The molecular formula is C12H19N5OS. The van der Waals surface area contributed by atoms with E-state index < -0.39 is 0 Å². The Kier molecular flexibility index (Phi) is 3.32. The maximum Gasteiger partial charge on any atom is 0.257 e. The van der Waals surface area contributed by atoms with Gasteiger partial charge in [0.25, 0.3) is 5.91 Å². The second kappa shape index (κ2) is 4.97. The molecule has 4 heterocycles. The van der Waals surface area contributed by atoms with Gasteiger partial charge in [-0.1, -0.05) is 0 Å². The van der Waals surface area contributed by atoms with Crippen LogP contribution in [0.15, 0.2) is 0 Å². The molecule has 0 spiro atoms. The number of amides is 1. The molecule has 3 aliphatic heterocycles. The molecule has 6 nitrogen and oxygen atoms in total. The van der Waals surface area contributed by atoms with E-state index in [0.29, 0.717) is 23.3 Å². The summed E-state index contributed by atoms with van der Waals surface area (Å²) >= 11 is 1.28. The Bertz CT molecular complexity index is 480. The fraction of sp³-hybridized carbons (Fsp3) is 0.667. The smallest absolute Gasteiger partial charge is 0.257 e. The van der Waals surface area contributed by atoms with Crippen LogP contribution in [-0.2, 0) is 0 Å². The number of carbonyl (C=O) groups is 1. The van der Waals surface area contributed by atoms with Gasteiger partial charge < -0.3 is 21.3 Å². The van der Waals surface area contributed by atoms with Crippen LogP contribution in [-0.4, -0.2) is 47.9 Å². The number of nitrogens with one attached hydrogen (secondary N) is 2. The van der Waals surface area contributed by atoms with Crippen LogP contribution in [0.1, 0.15) is 23.2 Å². The van der Waals surface area contributed by atoms with E-state index in [-0.39, 0.29) is 5.91 Å². The molecule has 4 rings (SSSR count). The number of piperidine rings is 3. The van der Waals surface area contributed by atoms with Crippen molar-refractivity contribution in [3.63, 3.8) is 0 Å². The van der Waals surface area contributed by atoms with Gasteiger partial charge in [0.2, 0.25) is 0 Å². The summed E-state index contributed by atoms with van der Waals surface area (Å²) in [6, 6.07) is 0.408. The van der Waals surface area contributed by atoms with Crippen molar-refractivity contribution in [3.8, 4) is 0 Å². The molecule has 3 aliphatic rings. The molecule has 19 heavy (non-hydrogen) atoms. The number of fused-ring (bicyclic) bond motifs is 3. The summed E-state index contributed by atoms with van der Waals surface area (Å²) in [4.78, 5) is 14.3. The zero-order valence-electron chi connectivity index (χ0n) is 11.0. The van der Waals surface area contributed by atoms with Crippen LogP contribution in [0.25, 0.3) is 0 Å². The summed E-state index contributed by atoms with van der Waals surface area (Å²) in [7, 11) is 1.61. The summed E-state index contributed by atoms with van der Waals surface area (Å²) in [5.41, 5.74) is 6.28. The maximum absolute atomic E-state index is 11.8. The molecule has 7 heteroatoms. The maximum atomic E-state index is 11.8. The summed E-state index contributed by atoms with van der Waals surface area (Å²) in [6.07, 6.45) is 2.47. The third-order valence-electron chi connectivity index (χ3n) is 4.15. The summed E-state index contributed by atoms with van der Waals surface area (Å²) in [6.45, 7) is 3.46. The Hall–Kier alpha value is -1.34. The minimum atomic E-state index is -0.171. The zero-order chi connectivity index (χ0) is 13.4. The molecule has 1 unspecified atom stereocenters. The number of rotatable bonds is 3. The van der Waals surface area contributed by atoms with Crippen molar-refractivity contribution in [2.24, 2.45) is 5.92 Å². The van der Waals surface area contributed by atoms with Gasteiger partial charge in [-0.3, -0.25) is 4.79 Å². The van der Waals surface area contributed by atoms with Crippen molar-refractivity contribution < 1.29 is 4.79 Å². The first-order valence-corrected chi connectivity index (χ1v) is 7.42. The lowest BCUT2D eigenvalue weighted by atomic mass is 9.84. The van der Waals surface area contributed by atoms with Gasteiger partial charge in [0, 0.05) is 19.6 Å². The number of nitrogens with two attached hydrogens (primary N) is 1. The molecular weight excluding hydrogens is 262 g/mol. The topological polar surface area (TPSA) is 83.3 Å². The van der Waals surface area contributed by atoms with E-state index in [0.717, 1.165) is 11.5 Å². The number of nitrogens with zero attached hydrogens (tertiary/aromatic N) is 2. The molecule has 0 aromatic carbocycles. The second-order valence-corrected chi connectivity index (χ2v) is 6.01. The van der Waals surface area contributed by atoms with Crippen molar-refractivity contribution in [3.05, 3.63) is 5.56 Å². The van der Waals surface area contributed by atoms with Gasteiger partial charge in [-0.25, -0.2) is 0 Å². The predicted molar refractivity (Wildman–Crippen MR) is 76.5 cm³/mol. The van der Waals surface area contributed by atoms with Gasteiger partial charge in [0.1, 0.15) is 10.6 Å². The van der Waals surface area contributed by atoms with Crippen molar-refractivity contribution in [1.29, 1.82) is 0 Å². The lowest BCUT2D eigenvalue weighted by molar-refractivity contribution is 0.0956. The lowest BCUT2D eigenvalue weighted by Crippen LogP contribution is -2.53. The molecule has 104 valence electrons. The van der Waals surface area contributed by atoms with Crippen molar-refractivity contribution in [2.45, 2.75) is 18.9 Å². The average Bonchev–Trinajstić information content (AvgIpc) is 2.80. The molecule has 1 amide bonds. The van der Waals surface area contributed by atoms with Crippen LogP contribution in [0, 0.1) is 5.92 Å². The Labute approximate surface area is 116 Å². The summed E-state index contributed by atoms with van der Waals surface area (Å²) in [5.74, 6) is 0.842. The SMILES string of the molecule is CNC(=O)c1c(N)nsc1NC1CN2CCC1CC2. The van der Waals surface area contributed by atoms with Gasteiger partial charge in [-0.15, -0.1) is 0 Å². The number of aromatic nitrogens is 1. The highest BCUT2D eigenvalue weighted by molar-refractivity contribution is 7.11. The van der Waals surface area contributed by atoms with Gasteiger partial charge in [0.05, 0.1) is 0 Å². The monoisotopic (exact) mass is 281 g/mol. The quantitative estimate of drug-likeness (QED) is 0.755. The highest BCUT2D eigenvalue weighted by atomic mass is 32.1. The molecule has 3 fully saturated rings. The third-order valence-corrected chi connectivity index (χ3v) is 4.94. The molecule has 1 aromatic rings. The molecule has 0 aliphatic carbocycles. The molecule has 0 radical (unpaired) electrons. The fourth-order valence-electron chi connectivity index (χ4n) is 3.04. The standard InChI is InChI=1S/C12H19N5OS/c1-14-11(18)9-10(13)16-19-12(9)15-8-6-17-4-2-7(8)3-5-17/h7-8,15H,2-6H2,1H3,(H2,13,16)(H,14,18). The van der Waals surface area contributed by atoms with E-state index in [4.69, 9.17) is 5.73 Å². The van der Waals surface area contributed by atoms with Crippen LogP contribution in [0.4, 0.5) is 10.8 Å². The average molecular weight is 281 g/mol. The van der Waals surface area contributed by atoms with Crippen molar-refractivity contribution in [1.82, 2.24) is 14.6 Å². The summed E-state index contributed by atoms with van der Waals surface area (Å²) in [5, 5.41) is 6.91. The molecule has 4 N–H and O–H groups in total. The number of anilines is 2. The number of nitrogen functional groups attached to an aromatic ring is 1. The van der Waals surface area contributed by atoms with E-state index in [1.807, 2.05) is 0 Å². The predicted octanol–water partition coefficient (Wildman–Crippen LogP) is 0.591. The highest BCUT2D eigenvalue weighted by Crippen LogP contribution is 2.33. The first-order chi connectivity index (χ1) is 9.19. The van der Waals surface area contributed by atoms with Gasteiger partial charge in [0.15, 0.2) is 5.82 Å². The normalized spacial score (nSPS) is 29.2. The molecule has 1 atom stereocenters. The molecule has 0 saturated carbocycles. The Morgan fingerprint density at radius 1 is 1.47 bits per heavy atom. The molecule has 2 bridgehead atoms. The lowest BCUT2D eigenvalue weighted by Gasteiger charge is -2.45. The summed E-state index contributed by atoms with van der Waals surface area (Å²) < 4.78 is 4.10. The van der Waals surface area contributed by atoms with E-state index in [1.54, 1.807) is 7.05 Å². The molecule has 1 aromatic heterocycles. The van der Waals surface area contributed by atoms with Gasteiger partial charge >= 0.3 is 0 Å². The second-order valence-electron chi connectivity index (χ2n) is 5.24. The van der Waals surface area contributed by atoms with Crippen LogP contribution >= 0.6 is 11.5 Å². The van der Waals surface area contributed by atoms with Gasteiger partial charge in [-0.05, 0) is 43.4 Å². The zero-order valence-corrected chi connectivity index (χ0v) is 11.8. The van der Waals surface area contributed by atoms with E-state index >= 15 is 0 Å². The van der Waals surface area contributed by atoms with Crippen LogP contribution in [0.3, 0.4) is 0 Å². The Balaban J connectivity index is 1.78. The number of carbonyl (C=O) groups excluding carboxylic acids is 1. The minimum Gasteiger partial charge on any atom is -0.382 e. The van der Waals surface area contributed by atoms with Crippen LogP contribution in [0.2, 0.25) is 0 Å². The van der Waals surface area contributed by atoms with Gasteiger partial charge in [-0.2, -0.15) is 4.37 Å². The Morgan fingerprint density at radius 3 is 2.79 bits per heavy atom. The number of hydrogen-bond donors (Lipinski definition) is 3. The van der Waals surface area contributed by atoms with Crippen LogP contribution < -0.4 is 16.4 Å².